The highest BCUT2D eigenvalue weighted by molar-refractivity contribution is 5.81. The largest absolute Gasteiger partial charge is 0.462 e. The summed E-state index contributed by atoms with van der Waals surface area (Å²) >= 11 is 0. The van der Waals surface area contributed by atoms with Crippen molar-refractivity contribution in [2.45, 2.75) is 30.9 Å². The molecule has 0 bridgehead atoms. The van der Waals surface area contributed by atoms with Crippen LogP contribution in [0.15, 0.2) is 53.6 Å². The summed E-state index contributed by atoms with van der Waals surface area (Å²) in [6, 6.07) is 7.81. The van der Waals surface area contributed by atoms with E-state index in [2.05, 4.69) is 44.0 Å². The zero-order chi connectivity index (χ0) is 27.4. The number of rotatable bonds is 6. The Hall–Kier alpha value is -4.51. The van der Waals surface area contributed by atoms with E-state index in [4.69, 9.17) is 4.74 Å². The zero-order valence-electron chi connectivity index (χ0n) is 21.1. The maximum Gasteiger partial charge on any atom is 0.319 e. The van der Waals surface area contributed by atoms with Crippen LogP contribution in [0.3, 0.4) is 0 Å². The minimum absolute atomic E-state index is 0.136. The topological polar surface area (TPSA) is 105 Å². The molecule has 10 heteroatoms. The molecule has 0 spiro atoms. The Bertz CT molecular complexity index is 1700. The van der Waals surface area contributed by atoms with Crippen molar-refractivity contribution < 1.29 is 18.6 Å². The first-order valence-corrected chi connectivity index (χ1v) is 12.4. The predicted octanol–water partition coefficient (Wildman–Crippen LogP) is 2.75. The molecule has 1 aliphatic rings. The molecule has 3 N–H and O–H groups in total. The van der Waals surface area contributed by atoms with E-state index >= 15 is 0 Å². The molecule has 39 heavy (non-hydrogen) atoms. The van der Waals surface area contributed by atoms with Gasteiger partial charge >= 0.3 is 6.01 Å². The average Bonchev–Trinajstić information content (AvgIpc) is 3.62. The van der Waals surface area contributed by atoms with E-state index in [0.29, 0.717) is 23.3 Å². The van der Waals surface area contributed by atoms with Crippen molar-refractivity contribution in [2.24, 2.45) is 7.05 Å². The Balaban J connectivity index is 1.44. The summed E-state index contributed by atoms with van der Waals surface area (Å²) in [5.74, 6) is 9.28. The lowest BCUT2D eigenvalue weighted by Crippen LogP contribution is -2.36. The van der Waals surface area contributed by atoms with E-state index in [0.717, 1.165) is 37.6 Å². The van der Waals surface area contributed by atoms with Gasteiger partial charge in [-0.25, -0.2) is 8.78 Å². The number of benzene rings is 1. The lowest BCUT2D eigenvalue weighted by Gasteiger charge is -2.27. The normalized spacial score (nSPS) is 16.2. The van der Waals surface area contributed by atoms with Crippen LogP contribution in [0.4, 0.5) is 8.78 Å². The van der Waals surface area contributed by atoms with Crippen LogP contribution in [0.2, 0.25) is 0 Å². The molecule has 1 fully saturated rings. The first-order chi connectivity index (χ1) is 18.8. The van der Waals surface area contributed by atoms with Crippen LogP contribution in [-0.2, 0) is 12.6 Å². The number of nitrogens with zero attached hydrogens (tertiary/aromatic N) is 3. The first kappa shape index (κ1) is 26.1. The van der Waals surface area contributed by atoms with E-state index in [1.165, 1.54) is 29.9 Å². The van der Waals surface area contributed by atoms with Gasteiger partial charge in [-0.1, -0.05) is 5.92 Å². The first-order valence-electron chi connectivity index (χ1n) is 12.4. The summed E-state index contributed by atoms with van der Waals surface area (Å²) in [6.07, 6.45) is 4.92. The van der Waals surface area contributed by atoms with Crippen molar-refractivity contribution >= 4 is 11.0 Å². The maximum absolute atomic E-state index is 14.8. The Kier molecular flexibility index (Phi) is 7.42. The molecular formula is C29H25F2N5O3. The molecule has 8 nitrogen and oxygen atoms in total. The molecule has 198 valence electrons. The summed E-state index contributed by atoms with van der Waals surface area (Å²) in [5, 5.41) is 15.6. The molecule has 1 unspecified atom stereocenters. The van der Waals surface area contributed by atoms with Gasteiger partial charge in [0.05, 0.1) is 10.9 Å². The van der Waals surface area contributed by atoms with Gasteiger partial charge in [-0.15, -0.1) is 0 Å². The number of hydrogen-bond acceptors (Lipinski definition) is 6. The second-order valence-corrected chi connectivity index (χ2v) is 9.25. The third kappa shape index (κ3) is 5.53. The van der Waals surface area contributed by atoms with E-state index in [-0.39, 0.29) is 17.6 Å². The molecule has 4 heterocycles. The van der Waals surface area contributed by atoms with E-state index in [9.17, 15) is 18.7 Å². The second-order valence-electron chi connectivity index (χ2n) is 9.25. The van der Waals surface area contributed by atoms with Gasteiger partial charge in [0, 0.05) is 37.5 Å². The second kappa shape index (κ2) is 11.1. The molecule has 0 saturated carbocycles. The standard InChI is InChI=1S/C29H25F2N5O3/c1-36-16-6-8-22(27(36)37)29(38,23-17-19(30)10-11-24(23)31)13-4-2-3-9-25-21-12-15-33-26(21)35-28(34-25)39-18-20-7-5-14-32-20/h6,8,10-12,15-17,20,32,38H,5,7,13-14,18H2,1H3,(H,33,34,35)/t20-,29?/m0/s1. The predicted molar refractivity (Wildman–Crippen MR) is 141 cm³/mol. The third-order valence-electron chi connectivity index (χ3n) is 6.59. The SMILES string of the molecule is Cn1cccc(C(O)(CC#CC#Cc2nc(OC[C@@H]3CCCN3)nc3[nH]ccc23)c2cc(F)ccc2F)c1=O. The molecule has 2 atom stereocenters. The Morgan fingerprint density at radius 3 is 2.90 bits per heavy atom. The fourth-order valence-electron chi connectivity index (χ4n) is 4.52. The van der Waals surface area contributed by atoms with Gasteiger partial charge in [0.1, 0.15) is 35.2 Å². The monoisotopic (exact) mass is 529 g/mol. The molecule has 5 rings (SSSR count). The summed E-state index contributed by atoms with van der Waals surface area (Å²) in [4.78, 5) is 24.6. The van der Waals surface area contributed by atoms with Crippen molar-refractivity contribution in [3.63, 3.8) is 0 Å². The van der Waals surface area contributed by atoms with Gasteiger partial charge < -0.3 is 24.7 Å². The maximum atomic E-state index is 14.8. The number of fused-ring (bicyclic) bond motifs is 1. The summed E-state index contributed by atoms with van der Waals surface area (Å²) in [7, 11) is 1.50. The molecule has 1 aliphatic heterocycles. The molecule has 4 aromatic rings. The number of aliphatic hydroxyl groups is 1. The van der Waals surface area contributed by atoms with Crippen molar-refractivity contribution in [3.8, 4) is 29.7 Å². The van der Waals surface area contributed by atoms with Gasteiger partial charge in [-0.05, 0) is 73.5 Å². The average molecular weight is 530 g/mol. The Morgan fingerprint density at radius 2 is 2.08 bits per heavy atom. The number of H-pyrrole nitrogens is 1. The van der Waals surface area contributed by atoms with E-state index in [1.807, 2.05) is 0 Å². The minimum atomic E-state index is -2.21. The molecule has 1 saturated heterocycles. The van der Waals surface area contributed by atoms with Crippen LogP contribution in [0.5, 0.6) is 6.01 Å². The van der Waals surface area contributed by atoms with Crippen molar-refractivity contribution in [3.05, 3.63) is 87.6 Å². The highest BCUT2D eigenvalue weighted by atomic mass is 19.1. The fraction of sp³-hybridized carbons (Fsp3) is 0.276. The number of aromatic nitrogens is 4. The van der Waals surface area contributed by atoms with Gasteiger partial charge in [0.15, 0.2) is 0 Å². The lowest BCUT2D eigenvalue weighted by atomic mass is 9.84. The molecule has 1 aromatic carbocycles. The van der Waals surface area contributed by atoms with Crippen LogP contribution >= 0.6 is 0 Å². The summed E-state index contributed by atoms with van der Waals surface area (Å²) < 4.78 is 35.8. The molecule has 0 aliphatic carbocycles. The summed E-state index contributed by atoms with van der Waals surface area (Å²) in [5.41, 5.74) is -2.35. The zero-order valence-corrected chi connectivity index (χ0v) is 21.1. The Labute approximate surface area is 223 Å². The number of aromatic amines is 1. The lowest BCUT2D eigenvalue weighted by molar-refractivity contribution is 0.0800. The minimum Gasteiger partial charge on any atom is -0.462 e. The van der Waals surface area contributed by atoms with Gasteiger partial charge in [0.25, 0.3) is 5.56 Å². The summed E-state index contributed by atoms with van der Waals surface area (Å²) in [6.45, 7) is 1.40. The van der Waals surface area contributed by atoms with E-state index in [1.54, 1.807) is 12.3 Å². The van der Waals surface area contributed by atoms with Crippen LogP contribution in [0.25, 0.3) is 11.0 Å². The number of ether oxygens (including phenoxy) is 1. The third-order valence-corrected chi connectivity index (χ3v) is 6.59. The number of halogens is 2. The number of aryl methyl sites for hydroxylation is 1. The Morgan fingerprint density at radius 1 is 1.21 bits per heavy atom. The van der Waals surface area contributed by atoms with E-state index < -0.39 is 34.8 Å². The molecule has 0 amide bonds. The molecular weight excluding hydrogens is 504 g/mol. The van der Waals surface area contributed by atoms with Crippen LogP contribution in [0, 0.1) is 35.3 Å². The van der Waals surface area contributed by atoms with Crippen molar-refractivity contribution in [1.29, 1.82) is 0 Å². The highest BCUT2D eigenvalue weighted by Gasteiger charge is 2.36. The van der Waals surface area contributed by atoms with Gasteiger partial charge in [-0.3, -0.25) is 4.79 Å². The smallest absolute Gasteiger partial charge is 0.319 e. The quantitative estimate of drug-likeness (QED) is 0.332. The van der Waals surface area contributed by atoms with Gasteiger partial charge in [0.2, 0.25) is 0 Å². The fourth-order valence-corrected chi connectivity index (χ4v) is 4.52. The van der Waals surface area contributed by atoms with Crippen LogP contribution in [-0.4, -0.2) is 43.8 Å². The number of nitrogens with one attached hydrogen (secondary N) is 2. The molecule has 3 aromatic heterocycles. The van der Waals surface area contributed by atoms with Crippen LogP contribution in [0.1, 0.15) is 36.1 Å². The van der Waals surface area contributed by atoms with Crippen LogP contribution < -0.4 is 15.6 Å². The number of hydrogen-bond donors (Lipinski definition) is 3. The van der Waals surface area contributed by atoms with Gasteiger partial charge in [-0.2, -0.15) is 9.97 Å². The highest BCUT2D eigenvalue weighted by Crippen LogP contribution is 2.33. The number of pyridine rings is 1. The van der Waals surface area contributed by atoms with Crippen molar-refractivity contribution in [2.75, 3.05) is 13.2 Å². The molecule has 0 radical (unpaired) electrons. The van der Waals surface area contributed by atoms with Crippen molar-refractivity contribution in [1.82, 2.24) is 24.8 Å².